The lowest BCUT2D eigenvalue weighted by atomic mass is 10.0. The zero-order chi connectivity index (χ0) is 49.6. The summed E-state index contributed by atoms with van der Waals surface area (Å²) in [7, 11) is 0. The summed E-state index contributed by atoms with van der Waals surface area (Å²) < 4.78 is 26.4. The number of fused-ring (bicyclic) bond motifs is 2. The third-order valence-corrected chi connectivity index (χ3v) is 14.6. The van der Waals surface area contributed by atoms with Gasteiger partial charge in [-0.1, -0.05) is 47.5 Å². The summed E-state index contributed by atoms with van der Waals surface area (Å²) in [5, 5.41) is 5.47. The second kappa shape index (κ2) is 22.6. The van der Waals surface area contributed by atoms with E-state index >= 15 is 0 Å². The summed E-state index contributed by atoms with van der Waals surface area (Å²) in [6, 6.07) is 22.2. The van der Waals surface area contributed by atoms with Gasteiger partial charge in [0, 0.05) is 111 Å². The summed E-state index contributed by atoms with van der Waals surface area (Å²) in [5.74, 6) is -1.82. The molecule has 0 saturated carbocycles. The van der Waals surface area contributed by atoms with Crippen molar-refractivity contribution in [3.05, 3.63) is 141 Å². The van der Waals surface area contributed by atoms with Gasteiger partial charge in [0.2, 0.25) is 0 Å². The van der Waals surface area contributed by atoms with Crippen LogP contribution in [-0.2, 0) is 17.9 Å². The Bertz CT molecular complexity index is 2800. The maximum atomic E-state index is 13.7. The fraction of sp³-hybridized carbons (Fsp3) is 0.407. The van der Waals surface area contributed by atoms with Crippen molar-refractivity contribution in [2.24, 2.45) is 0 Å². The number of halogens is 4. The summed E-state index contributed by atoms with van der Waals surface area (Å²) in [4.78, 5) is 68.7. The van der Waals surface area contributed by atoms with E-state index in [0.29, 0.717) is 66.3 Å². The summed E-state index contributed by atoms with van der Waals surface area (Å²) in [6.07, 6.45) is 7.93. The highest BCUT2D eigenvalue weighted by Crippen LogP contribution is 2.31. The molecule has 6 aromatic rings. The molecule has 0 bridgehead atoms. The van der Waals surface area contributed by atoms with Crippen molar-refractivity contribution in [2.45, 2.75) is 90.6 Å². The number of benzene rings is 4. The van der Waals surface area contributed by atoms with Gasteiger partial charge in [0.05, 0.1) is 26.7 Å². The lowest BCUT2D eigenvalue weighted by Crippen LogP contribution is -2.57. The second-order valence-corrected chi connectivity index (χ2v) is 20.0. The molecule has 2 aromatic heterocycles. The molecule has 4 aliphatic rings. The molecule has 370 valence electrons. The number of likely N-dealkylation sites (tertiary alicyclic amines) is 1. The number of amides is 3. The van der Waals surface area contributed by atoms with E-state index in [2.05, 4.69) is 45.9 Å². The van der Waals surface area contributed by atoms with Gasteiger partial charge < -0.3 is 30.0 Å². The van der Waals surface area contributed by atoms with E-state index in [1.807, 2.05) is 53.3 Å². The number of nitrogens with one attached hydrogen (secondary N) is 3. The Labute approximate surface area is 418 Å². The predicted molar refractivity (Wildman–Crippen MR) is 272 cm³/mol. The van der Waals surface area contributed by atoms with Gasteiger partial charge in [-0.3, -0.25) is 29.0 Å². The van der Waals surface area contributed by atoms with E-state index in [-0.39, 0.29) is 58.2 Å². The Morgan fingerprint density at radius 2 is 1.09 bits per heavy atom. The molecule has 6 heterocycles. The number of rotatable bonds is 8. The highest BCUT2D eigenvalue weighted by Gasteiger charge is 2.35. The highest BCUT2D eigenvalue weighted by molar-refractivity contribution is 6.45. The van der Waals surface area contributed by atoms with Gasteiger partial charge in [-0.05, 0) is 132 Å². The van der Waals surface area contributed by atoms with Crippen LogP contribution < -0.4 is 5.32 Å². The van der Waals surface area contributed by atoms with Crippen molar-refractivity contribution in [2.75, 3.05) is 52.4 Å². The van der Waals surface area contributed by atoms with E-state index in [0.717, 1.165) is 48.0 Å². The summed E-state index contributed by atoms with van der Waals surface area (Å²) in [6.45, 7) is 15.9. The number of piperazine rings is 2. The smallest absolute Gasteiger partial charge is 0.295 e. The summed E-state index contributed by atoms with van der Waals surface area (Å²) in [5.41, 5.74) is 4.71. The van der Waals surface area contributed by atoms with E-state index in [1.165, 1.54) is 56.4 Å². The Morgan fingerprint density at radius 3 is 1.59 bits per heavy atom. The van der Waals surface area contributed by atoms with E-state index in [1.54, 1.807) is 29.2 Å². The fourth-order valence-corrected chi connectivity index (χ4v) is 10.4. The van der Waals surface area contributed by atoms with Crippen LogP contribution >= 0.6 is 23.2 Å². The predicted octanol–water partition coefficient (Wildman–Crippen LogP) is 9.57. The normalized spacial score (nSPS) is 20.8. The van der Waals surface area contributed by atoms with Crippen LogP contribution in [0.3, 0.4) is 0 Å². The second-order valence-electron chi connectivity index (χ2n) is 19.2. The van der Waals surface area contributed by atoms with Crippen molar-refractivity contribution in [1.29, 1.82) is 0 Å². The minimum atomic E-state index is -0.578. The van der Waals surface area contributed by atoms with Crippen molar-refractivity contribution in [3.8, 4) is 0 Å². The van der Waals surface area contributed by atoms with Gasteiger partial charge in [-0.15, -0.1) is 0 Å². The minimum Gasteiger partial charge on any atom is -0.361 e. The van der Waals surface area contributed by atoms with Gasteiger partial charge in [-0.25, -0.2) is 8.78 Å². The monoisotopic (exact) mass is 994 g/mol. The first-order valence-corrected chi connectivity index (χ1v) is 25.1. The van der Waals surface area contributed by atoms with Crippen molar-refractivity contribution in [3.63, 3.8) is 0 Å². The molecule has 4 fully saturated rings. The number of hydrogen-bond donors (Lipinski definition) is 3. The van der Waals surface area contributed by atoms with Gasteiger partial charge in [-0.2, -0.15) is 0 Å². The molecule has 4 saturated heterocycles. The number of nitrogens with zero attached hydrogens (tertiary/aromatic N) is 5. The van der Waals surface area contributed by atoms with Crippen molar-refractivity contribution in [1.82, 2.24) is 39.8 Å². The van der Waals surface area contributed by atoms with Crippen LogP contribution in [0, 0.1) is 11.6 Å². The van der Waals surface area contributed by atoms with Gasteiger partial charge in [0.15, 0.2) is 0 Å². The molecule has 16 heteroatoms. The standard InChI is InChI=1S/C28H30ClFN4O3.C22H23ClFN3O.C4H9N/c1-17-15-34(18(2)14-33(17)16-19-5-7-20(30)8-6-19)27(36)22-11-21-23(13-31-25(21)12-24(22)29)26(35)28(37)32-9-3-4-10-32;1-14-12-27(15(2)11-26(14)13-16-3-5-18(24)6-4-16)22(28)19-9-17-7-8-25-21(17)10-20(19)23;1-2-4-5-3-1/h5-8,11-13,17-18,31H,3-4,9-10,14-16H2,1-2H3;3-10,14-15,25H,11-13H2,1-2H3;5H,1-4H2/t17-,18+;14-,15?;/m00./s1. The maximum Gasteiger partial charge on any atom is 0.295 e. The number of H-pyrrole nitrogens is 2. The van der Waals surface area contributed by atoms with Crippen LogP contribution in [0.1, 0.15) is 95.6 Å². The van der Waals surface area contributed by atoms with Crippen molar-refractivity contribution < 1.29 is 28.0 Å². The Morgan fingerprint density at radius 1 is 0.586 bits per heavy atom. The highest BCUT2D eigenvalue weighted by atomic mass is 35.5. The number of carbonyl (C=O) groups excluding carboxylic acids is 4. The van der Waals surface area contributed by atoms with Gasteiger partial charge >= 0.3 is 0 Å². The number of carbonyl (C=O) groups is 4. The van der Waals surface area contributed by atoms with Gasteiger partial charge in [0.1, 0.15) is 11.6 Å². The molecule has 3 N–H and O–H groups in total. The van der Waals surface area contributed by atoms with Crippen LogP contribution in [-0.4, -0.2) is 134 Å². The van der Waals surface area contributed by atoms with Gasteiger partial charge in [0.25, 0.3) is 23.5 Å². The third-order valence-electron chi connectivity index (χ3n) is 14.0. The number of ketones is 1. The molecule has 0 radical (unpaired) electrons. The molecule has 0 spiro atoms. The molecule has 4 aliphatic heterocycles. The molecule has 4 atom stereocenters. The molecular weight excluding hydrogens is 934 g/mol. The molecule has 12 nitrogen and oxygen atoms in total. The van der Waals surface area contributed by atoms with Crippen LogP contribution in [0.15, 0.2) is 91.3 Å². The minimum absolute atomic E-state index is 0.0334. The van der Waals surface area contributed by atoms with E-state index in [9.17, 15) is 28.0 Å². The first-order valence-electron chi connectivity index (χ1n) is 24.4. The number of hydrogen-bond acceptors (Lipinski definition) is 7. The largest absolute Gasteiger partial charge is 0.361 e. The van der Waals surface area contributed by atoms with Crippen molar-refractivity contribution >= 4 is 68.5 Å². The molecule has 10 rings (SSSR count). The Kier molecular flexibility index (Phi) is 16.4. The molecule has 1 unspecified atom stereocenters. The van der Waals surface area contributed by atoms with E-state index < -0.39 is 11.7 Å². The molecule has 0 aliphatic carbocycles. The zero-order valence-corrected chi connectivity index (χ0v) is 41.8. The topological polar surface area (TPSA) is 128 Å². The fourth-order valence-electron chi connectivity index (χ4n) is 9.90. The first-order chi connectivity index (χ1) is 33.6. The maximum absolute atomic E-state index is 13.7. The quantitative estimate of drug-likeness (QED) is 0.102. The average molecular weight is 996 g/mol. The van der Waals surface area contributed by atoms with E-state index in [4.69, 9.17) is 23.2 Å². The lowest BCUT2D eigenvalue weighted by molar-refractivity contribution is -0.125. The van der Waals surface area contributed by atoms with Crippen LogP contribution in [0.25, 0.3) is 21.8 Å². The SMILES string of the molecule is C1CCNC1.CC1CN(Cc2ccc(F)cc2)[C@@H](C)CN1C(=O)c1cc2cc[nH]c2cc1Cl.C[C@@H]1CN(Cc2ccc(F)cc2)[C@@H](C)CN1C(=O)c1cc2c(C(=O)C(=O)N3CCCC3)c[nH]c2cc1Cl. The lowest BCUT2D eigenvalue weighted by Gasteiger charge is -2.44. The Hall–Kier alpha value is -5.64. The average Bonchev–Trinajstić information content (AvgIpc) is 4.21. The molecular formula is C54H62Cl2F2N8O4. The molecule has 3 amide bonds. The number of Topliss-reactive ketones (excluding diaryl/α,β-unsaturated/α-hetero) is 1. The van der Waals surface area contributed by atoms with Crippen LogP contribution in [0.2, 0.25) is 10.0 Å². The zero-order valence-electron chi connectivity index (χ0n) is 40.3. The Balaban J connectivity index is 0.000000176. The number of aromatic nitrogens is 2. The first kappa shape index (κ1) is 50.7. The van der Waals surface area contributed by atoms with Crippen LogP contribution in [0.4, 0.5) is 8.78 Å². The molecule has 4 aromatic carbocycles. The number of aromatic amines is 2. The molecule has 70 heavy (non-hydrogen) atoms. The third kappa shape index (κ3) is 11.7. The van der Waals surface area contributed by atoms with Crippen LogP contribution in [0.5, 0.6) is 0 Å². The summed E-state index contributed by atoms with van der Waals surface area (Å²) >= 11 is 12.9.